The van der Waals surface area contributed by atoms with Crippen LogP contribution in [-0.4, -0.2) is 24.7 Å². The van der Waals surface area contributed by atoms with Gasteiger partial charge in [-0.05, 0) is 23.8 Å². The van der Waals surface area contributed by atoms with E-state index in [4.69, 9.17) is 0 Å². The maximum absolute atomic E-state index is 10.7. The van der Waals surface area contributed by atoms with Crippen LogP contribution >= 0.6 is 11.3 Å². The number of hydrogen-bond donors (Lipinski definition) is 0. The van der Waals surface area contributed by atoms with Crippen LogP contribution in [0.3, 0.4) is 0 Å². The van der Waals surface area contributed by atoms with Crippen molar-refractivity contribution in [3.63, 3.8) is 0 Å². The Morgan fingerprint density at radius 2 is 1.89 bits per heavy atom. The highest BCUT2D eigenvalue weighted by molar-refractivity contribution is 7.17. The molecule has 0 fully saturated rings. The van der Waals surface area contributed by atoms with Crippen molar-refractivity contribution in [2.24, 2.45) is 0 Å². The molecule has 2 heterocycles. The van der Waals surface area contributed by atoms with Crippen molar-refractivity contribution in [1.82, 2.24) is 19.8 Å². The number of non-ortho nitro benzene ring substituents is 1. The SMILES string of the molecule is N#C/C(=C\c1ccc([N+](=O)[O-])cc1)c1nn2c(-c3ccccc3)nnc2s1. The van der Waals surface area contributed by atoms with Gasteiger partial charge in [0.25, 0.3) is 5.69 Å². The summed E-state index contributed by atoms with van der Waals surface area (Å²) in [5.41, 5.74) is 1.89. The van der Waals surface area contributed by atoms with Crippen LogP contribution < -0.4 is 0 Å². The van der Waals surface area contributed by atoms with E-state index in [0.717, 1.165) is 5.56 Å². The van der Waals surface area contributed by atoms with Crippen molar-refractivity contribution in [3.05, 3.63) is 75.3 Å². The van der Waals surface area contributed by atoms with Crippen molar-refractivity contribution in [3.8, 4) is 17.5 Å². The lowest BCUT2D eigenvalue weighted by molar-refractivity contribution is -0.384. The zero-order valence-electron chi connectivity index (χ0n) is 13.7. The molecule has 4 aromatic rings. The fraction of sp³-hybridized carbons (Fsp3) is 0. The zero-order valence-corrected chi connectivity index (χ0v) is 14.5. The third-order valence-corrected chi connectivity index (χ3v) is 4.72. The summed E-state index contributed by atoms with van der Waals surface area (Å²) in [6, 6.07) is 17.6. The highest BCUT2D eigenvalue weighted by Gasteiger charge is 2.15. The van der Waals surface area contributed by atoms with Gasteiger partial charge < -0.3 is 0 Å². The van der Waals surface area contributed by atoms with Gasteiger partial charge in [0.2, 0.25) is 4.96 Å². The van der Waals surface area contributed by atoms with E-state index in [0.29, 0.717) is 26.9 Å². The predicted octanol–water partition coefficient (Wildman–Crippen LogP) is 3.83. The van der Waals surface area contributed by atoms with Crippen LogP contribution in [0.15, 0.2) is 54.6 Å². The van der Waals surface area contributed by atoms with Crippen LogP contribution in [0.5, 0.6) is 0 Å². The van der Waals surface area contributed by atoms with Crippen LogP contribution in [0.2, 0.25) is 0 Å². The molecule has 0 saturated carbocycles. The first-order valence-electron chi connectivity index (χ1n) is 7.80. The standard InChI is InChI=1S/C18H10N6O2S/c19-11-14(10-12-6-8-15(9-7-12)24(25)26)17-22-23-16(20-21-18(23)27-17)13-4-2-1-3-5-13/h1-10H/b14-10+. The molecule has 0 aliphatic rings. The maximum Gasteiger partial charge on any atom is 0.269 e. The van der Waals surface area contributed by atoms with Crippen molar-refractivity contribution in [1.29, 1.82) is 5.26 Å². The topological polar surface area (TPSA) is 110 Å². The molecule has 130 valence electrons. The minimum Gasteiger partial charge on any atom is -0.258 e. The van der Waals surface area contributed by atoms with E-state index in [1.807, 2.05) is 30.3 Å². The van der Waals surface area contributed by atoms with Crippen LogP contribution in [-0.2, 0) is 0 Å². The molecule has 0 atom stereocenters. The van der Waals surface area contributed by atoms with Gasteiger partial charge >= 0.3 is 0 Å². The summed E-state index contributed by atoms with van der Waals surface area (Å²) in [7, 11) is 0. The van der Waals surface area contributed by atoms with Gasteiger partial charge in [-0.25, -0.2) is 0 Å². The van der Waals surface area contributed by atoms with Gasteiger partial charge in [-0.2, -0.15) is 14.9 Å². The molecule has 0 bridgehead atoms. The fourth-order valence-corrected chi connectivity index (χ4v) is 3.30. The third-order valence-electron chi connectivity index (χ3n) is 3.79. The molecule has 0 N–H and O–H groups in total. The van der Waals surface area contributed by atoms with E-state index in [1.165, 1.54) is 23.5 Å². The number of hydrogen-bond acceptors (Lipinski definition) is 7. The zero-order chi connectivity index (χ0) is 18.8. The molecular formula is C18H10N6O2S. The second-order valence-corrected chi connectivity index (χ2v) is 6.47. The molecule has 9 heteroatoms. The van der Waals surface area contributed by atoms with Gasteiger partial charge in [0.05, 0.1) is 10.5 Å². The summed E-state index contributed by atoms with van der Waals surface area (Å²) in [5.74, 6) is 0.598. The number of fused-ring (bicyclic) bond motifs is 1. The van der Waals surface area contributed by atoms with Crippen LogP contribution in [0, 0.1) is 21.4 Å². The van der Waals surface area contributed by atoms with E-state index in [2.05, 4.69) is 21.4 Å². The summed E-state index contributed by atoms with van der Waals surface area (Å²) in [4.78, 5) is 10.9. The lowest BCUT2D eigenvalue weighted by atomic mass is 10.1. The van der Waals surface area contributed by atoms with Gasteiger partial charge in [-0.3, -0.25) is 10.1 Å². The third kappa shape index (κ3) is 3.17. The van der Waals surface area contributed by atoms with Gasteiger partial charge in [0.1, 0.15) is 6.07 Å². The number of nitrogens with zero attached hydrogens (tertiary/aromatic N) is 6. The van der Waals surface area contributed by atoms with Crippen molar-refractivity contribution in [2.45, 2.75) is 0 Å². The Morgan fingerprint density at radius 3 is 2.56 bits per heavy atom. The van der Waals surface area contributed by atoms with E-state index < -0.39 is 4.92 Å². The second-order valence-electron chi connectivity index (χ2n) is 5.51. The number of nitro groups is 1. The Morgan fingerprint density at radius 1 is 1.15 bits per heavy atom. The average Bonchev–Trinajstić information content (AvgIpc) is 3.28. The summed E-state index contributed by atoms with van der Waals surface area (Å²) in [5, 5.41) is 33.5. The maximum atomic E-state index is 10.7. The van der Waals surface area contributed by atoms with E-state index in [9.17, 15) is 15.4 Å². The van der Waals surface area contributed by atoms with Gasteiger partial charge in [-0.15, -0.1) is 10.2 Å². The minimum absolute atomic E-state index is 0.00282. The molecule has 0 amide bonds. The summed E-state index contributed by atoms with van der Waals surface area (Å²) in [6.07, 6.45) is 1.64. The normalized spacial score (nSPS) is 11.4. The van der Waals surface area contributed by atoms with Crippen LogP contribution in [0.25, 0.3) is 28.0 Å². The molecule has 4 rings (SSSR count). The predicted molar refractivity (Wildman–Crippen MR) is 101 cm³/mol. The molecule has 0 unspecified atom stereocenters. The lowest BCUT2D eigenvalue weighted by Gasteiger charge is -1.97. The monoisotopic (exact) mass is 374 g/mol. The number of benzene rings is 2. The average molecular weight is 374 g/mol. The van der Waals surface area contributed by atoms with Gasteiger partial charge in [0.15, 0.2) is 10.8 Å². The van der Waals surface area contributed by atoms with E-state index in [1.54, 1.807) is 22.7 Å². The Kier molecular flexibility index (Phi) is 4.16. The Balaban J connectivity index is 1.73. The smallest absolute Gasteiger partial charge is 0.258 e. The molecule has 2 aromatic heterocycles. The molecule has 0 aliphatic heterocycles. The van der Waals surface area contributed by atoms with E-state index >= 15 is 0 Å². The highest BCUT2D eigenvalue weighted by Crippen LogP contribution is 2.26. The summed E-state index contributed by atoms with van der Waals surface area (Å²) >= 11 is 1.25. The molecule has 2 aromatic carbocycles. The number of aromatic nitrogens is 4. The molecular weight excluding hydrogens is 364 g/mol. The van der Waals surface area contributed by atoms with Crippen LogP contribution in [0.1, 0.15) is 10.6 Å². The Hall–Kier alpha value is -3.90. The molecule has 8 nitrogen and oxygen atoms in total. The Bertz CT molecular complexity index is 1200. The summed E-state index contributed by atoms with van der Waals surface area (Å²) < 4.78 is 1.61. The van der Waals surface area contributed by atoms with Gasteiger partial charge in [0, 0.05) is 17.7 Å². The minimum atomic E-state index is -0.466. The largest absolute Gasteiger partial charge is 0.269 e. The molecule has 0 radical (unpaired) electrons. The molecule has 0 saturated heterocycles. The van der Waals surface area contributed by atoms with Crippen molar-refractivity contribution >= 4 is 33.6 Å². The summed E-state index contributed by atoms with van der Waals surface area (Å²) in [6.45, 7) is 0. The lowest BCUT2D eigenvalue weighted by Crippen LogP contribution is -1.92. The second kappa shape index (κ2) is 6.78. The number of nitro benzene ring substituents is 1. The molecule has 27 heavy (non-hydrogen) atoms. The quantitative estimate of drug-likeness (QED) is 0.305. The van der Waals surface area contributed by atoms with Crippen LogP contribution in [0.4, 0.5) is 5.69 Å². The first-order chi connectivity index (χ1) is 13.2. The first-order valence-corrected chi connectivity index (χ1v) is 8.61. The molecule has 0 spiro atoms. The van der Waals surface area contributed by atoms with Crippen molar-refractivity contribution < 1.29 is 4.92 Å². The number of nitriles is 1. The first kappa shape index (κ1) is 16.6. The fourth-order valence-electron chi connectivity index (χ4n) is 2.49. The highest BCUT2D eigenvalue weighted by atomic mass is 32.1. The number of allylic oxidation sites excluding steroid dienone is 1. The van der Waals surface area contributed by atoms with E-state index in [-0.39, 0.29) is 5.69 Å². The number of rotatable bonds is 4. The van der Waals surface area contributed by atoms with Crippen molar-refractivity contribution in [2.75, 3.05) is 0 Å². The Labute approximate surface area is 156 Å². The molecule has 0 aliphatic carbocycles. The van der Waals surface area contributed by atoms with Gasteiger partial charge in [-0.1, -0.05) is 41.7 Å².